The molecule has 0 bridgehead atoms. The minimum absolute atomic E-state index is 0.00558. The zero-order chi connectivity index (χ0) is 14.5. The van der Waals surface area contributed by atoms with E-state index in [0.29, 0.717) is 12.2 Å². The lowest BCUT2D eigenvalue weighted by Crippen LogP contribution is -2.22. The first kappa shape index (κ1) is 14.5. The average molecular weight is 278 g/mol. The Morgan fingerprint density at radius 3 is 2.90 bits per heavy atom. The summed E-state index contributed by atoms with van der Waals surface area (Å²) in [6.45, 7) is 2.18. The number of aryl methyl sites for hydroxylation is 1. The molecular weight excluding hydrogens is 259 g/mol. The highest BCUT2D eigenvalue weighted by Gasteiger charge is 2.13. The van der Waals surface area contributed by atoms with Crippen molar-refractivity contribution in [2.24, 2.45) is 12.8 Å². The number of halogens is 1. The van der Waals surface area contributed by atoms with E-state index in [0.717, 1.165) is 12.0 Å². The molecule has 0 aliphatic carbocycles. The molecule has 20 heavy (non-hydrogen) atoms. The summed E-state index contributed by atoms with van der Waals surface area (Å²) in [6, 6.07) is 4.88. The topological polar surface area (TPSA) is 66.0 Å². The number of rotatable bonds is 6. The first-order valence-electron chi connectivity index (χ1n) is 6.60. The highest BCUT2D eigenvalue weighted by Crippen LogP contribution is 2.25. The Kier molecular flexibility index (Phi) is 4.68. The van der Waals surface area contributed by atoms with Crippen LogP contribution in [0.15, 0.2) is 24.5 Å². The summed E-state index contributed by atoms with van der Waals surface area (Å²) < 4.78 is 21.1. The summed E-state index contributed by atoms with van der Waals surface area (Å²) in [7, 11) is 1.76. The van der Waals surface area contributed by atoms with E-state index in [1.165, 1.54) is 12.4 Å². The number of para-hydroxylation sites is 1. The van der Waals surface area contributed by atoms with Gasteiger partial charge in [0.2, 0.25) is 0 Å². The Hall–Kier alpha value is -1.95. The van der Waals surface area contributed by atoms with Crippen molar-refractivity contribution in [1.82, 2.24) is 14.8 Å². The molecule has 1 atom stereocenters. The highest BCUT2D eigenvalue weighted by molar-refractivity contribution is 5.35. The Labute approximate surface area is 117 Å². The van der Waals surface area contributed by atoms with Crippen LogP contribution in [0.5, 0.6) is 5.75 Å². The number of hydrogen-bond donors (Lipinski definition) is 1. The largest absolute Gasteiger partial charge is 0.482 e. The van der Waals surface area contributed by atoms with Gasteiger partial charge in [-0.1, -0.05) is 19.1 Å². The summed E-state index contributed by atoms with van der Waals surface area (Å²) >= 11 is 0. The molecule has 0 radical (unpaired) electrons. The van der Waals surface area contributed by atoms with Gasteiger partial charge in [0.1, 0.15) is 12.9 Å². The lowest BCUT2D eigenvalue weighted by Gasteiger charge is -2.14. The molecule has 2 N–H and O–H groups in total. The van der Waals surface area contributed by atoms with Crippen molar-refractivity contribution in [1.29, 1.82) is 0 Å². The van der Waals surface area contributed by atoms with Crippen LogP contribution in [0.2, 0.25) is 0 Å². The van der Waals surface area contributed by atoms with Crippen LogP contribution in [0, 0.1) is 5.82 Å². The van der Waals surface area contributed by atoms with Crippen LogP contribution in [0.1, 0.15) is 24.7 Å². The maximum atomic E-state index is 13.9. The number of hydrogen-bond acceptors (Lipinski definition) is 4. The van der Waals surface area contributed by atoms with Crippen molar-refractivity contribution in [3.63, 3.8) is 0 Å². The van der Waals surface area contributed by atoms with Crippen LogP contribution in [-0.2, 0) is 20.1 Å². The second-order valence-electron chi connectivity index (χ2n) is 4.69. The van der Waals surface area contributed by atoms with Crippen molar-refractivity contribution in [3.05, 3.63) is 41.7 Å². The third-order valence-electron chi connectivity index (χ3n) is 3.21. The van der Waals surface area contributed by atoms with Crippen LogP contribution in [-0.4, -0.2) is 20.8 Å². The van der Waals surface area contributed by atoms with Gasteiger partial charge in [-0.25, -0.2) is 9.37 Å². The molecule has 0 aliphatic rings. The molecule has 5 nitrogen and oxygen atoms in total. The van der Waals surface area contributed by atoms with E-state index in [2.05, 4.69) is 10.1 Å². The van der Waals surface area contributed by atoms with E-state index in [1.807, 2.05) is 13.0 Å². The fourth-order valence-corrected chi connectivity index (χ4v) is 1.89. The fraction of sp³-hybridized carbons (Fsp3) is 0.429. The SMILES string of the molecule is CCC(N)Cc1cccc(F)c1OCc1ncnn1C. The molecule has 0 amide bonds. The first-order valence-corrected chi connectivity index (χ1v) is 6.60. The average Bonchev–Trinajstić information content (AvgIpc) is 2.83. The maximum absolute atomic E-state index is 13.9. The minimum atomic E-state index is -0.382. The van der Waals surface area contributed by atoms with Gasteiger partial charge in [-0.05, 0) is 24.5 Å². The lowest BCUT2D eigenvalue weighted by atomic mass is 10.0. The first-order chi connectivity index (χ1) is 9.61. The smallest absolute Gasteiger partial charge is 0.165 e. The van der Waals surface area contributed by atoms with Gasteiger partial charge in [-0.15, -0.1) is 0 Å². The predicted molar refractivity (Wildman–Crippen MR) is 73.7 cm³/mol. The Bertz CT molecular complexity index is 570. The van der Waals surface area contributed by atoms with E-state index in [1.54, 1.807) is 17.8 Å². The van der Waals surface area contributed by atoms with Crippen molar-refractivity contribution < 1.29 is 9.13 Å². The second kappa shape index (κ2) is 6.47. The number of aromatic nitrogens is 3. The standard InChI is InChI=1S/C14H19FN4O/c1-3-11(16)7-10-5-4-6-12(15)14(10)20-8-13-17-9-18-19(13)2/h4-6,9,11H,3,7-8,16H2,1-2H3. The molecule has 1 unspecified atom stereocenters. The van der Waals surface area contributed by atoms with Crippen molar-refractivity contribution in [3.8, 4) is 5.75 Å². The van der Waals surface area contributed by atoms with Crippen LogP contribution in [0.25, 0.3) is 0 Å². The monoisotopic (exact) mass is 278 g/mol. The molecule has 0 saturated heterocycles. The Morgan fingerprint density at radius 2 is 2.25 bits per heavy atom. The molecule has 2 aromatic rings. The lowest BCUT2D eigenvalue weighted by molar-refractivity contribution is 0.272. The molecule has 0 aliphatic heterocycles. The van der Waals surface area contributed by atoms with Gasteiger partial charge in [0, 0.05) is 13.1 Å². The van der Waals surface area contributed by atoms with Crippen molar-refractivity contribution in [2.45, 2.75) is 32.4 Å². The molecule has 1 aromatic carbocycles. The number of ether oxygens (including phenoxy) is 1. The molecule has 1 aromatic heterocycles. The summed E-state index contributed by atoms with van der Waals surface area (Å²) in [5, 5.41) is 3.95. The molecule has 0 fully saturated rings. The van der Waals surface area contributed by atoms with E-state index in [-0.39, 0.29) is 24.2 Å². The van der Waals surface area contributed by atoms with Crippen LogP contribution >= 0.6 is 0 Å². The predicted octanol–water partition coefficient (Wildman–Crippen LogP) is 1.81. The van der Waals surface area contributed by atoms with E-state index in [4.69, 9.17) is 10.5 Å². The zero-order valence-electron chi connectivity index (χ0n) is 11.7. The summed E-state index contributed by atoms with van der Waals surface area (Å²) in [5.74, 6) is 0.506. The quantitative estimate of drug-likeness (QED) is 0.875. The van der Waals surface area contributed by atoms with Crippen LogP contribution in [0.4, 0.5) is 4.39 Å². The highest BCUT2D eigenvalue weighted by atomic mass is 19.1. The van der Waals surface area contributed by atoms with Gasteiger partial charge in [-0.2, -0.15) is 5.10 Å². The van der Waals surface area contributed by atoms with Crippen molar-refractivity contribution in [2.75, 3.05) is 0 Å². The molecule has 108 valence electrons. The molecule has 2 rings (SSSR count). The third kappa shape index (κ3) is 3.33. The third-order valence-corrected chi connectivity index (χ3v) is 3.21. The van der Waals surface area contributed by atoms with Gasteiger partial charge in [-0.3, -0.25) is 4.68 Å². The molecular formula is C14H19FN4O. The van der Waals surface area contributed by atoms with Crippen LogP contribution in [0.3, 0.4) is 0 Å². The van der Waals surface area contributed by atoms with Gasteiger partial charge in [0.15, 0.2) is 17.4 Å². The van der Waals surface area contributed by atoms with E-state index < -0.39 is 0 Å². The number of nitrogens with two attached hydrogens (primary N) is 1. The number of nitrogens with zero attached hydrogens (tertiary/aromatic N) is 3. The molecule has 6 heteroatoms. The molecule has 1 heterocycles. The van der Waals surface area contributed by atoms with Gasteiger partial charge >= 0.3 is 0 Å². The summed E-state index contributed by atoms with van der Waals surface area (Å²) in [4.78, 5) is 4.05. The van der Waals surface area contributed by atoms with Gasteiger partial charge < -0.3 is 10.5 Å². The Balaban J connectivity index is 2.15. The van der Waals surface area contributed by atoms with E-state index >= 15 is 0 Å². The zero-order valence-corrected chi connectivity index (χ0v) is 11.7. The van der Waals surface area contributed by atoms with Crippen LogP contribution < -0.4 is 10.5 Å². The normalized spacial score (nSPS) is 12.4. The Morgan fingerprint density at radius 1 is 1.45 bits per heavy atom. The summed E-state index contributed by atoms with van der Waals surface area (Å²) in [5.41, 5.74) is 6.71. The number of benzene rings is 1. The van der Waals surface area contributed by atoms with Gasteiger partial charge in [0.25, 0.3) is 0 Å². The van der Waals surface area contributed by atoms with Crippen molar-refractivity contribution >= 4 is 0 Å². The minimum Gasteiger partial charge on any atom is -0.482 e. The second-order valence-corrected chi connectivity index (χ2v) is 4.69. The molecule has 0 spiro atoms. The molecule has 0 saturated carbocycles. The summed E-state index contributed by atoms with van der Waals surface area (Å²) in [6.07, 6.45) is 2.86. The fourth-order valence-electron chi connectivity index (χ4n) is 1.89. The van der Waals surface area contributed by atoms with Gasteiger partial charge in [0.05, 0.1) is 0 Å². The maximum Gasteiger partial charge on any atom is 0.165 e. The van der Waals surface area contributed by atoms with E-state index in [9.17, 15) is 4.39 Å².